The molecular weight excluding hydrogens is 671 g/mol. The fourth-order valence-corrected chi connectivity index (χ4v) is 8.03. The molecule has 11 rings (SSSR count). The maximum Gasteiger partial charge on any atom is 0.182 e. The van der Waals surface area contributed by atoms with E-state index in [9.17, 15) is 0 Å². The first-order valence-corrected chi connectivity index (χ1v) is 18.5. The number of rotatable bonds is 5. The zero-order chi connectivity index (χ0) is 36.3. The summed E-state index contributed by atoms with van der Waals surface area (Å²) in [6.07, 6.45) is 3.38. The lowest BCUT2D eigenvalue weighted by Crippen LogP contribution is -1.99. The summed E-state index contributed by atoms with van der Waals surface area (Å²) in [7, 11) is 0. The van der Waals surface area contributed by atoms with Gasteiger partial charge in [0.25, 0.3) is 0 Å². The molecule has 256 valence electrons. The minimum atomic E-state index is 0.568. The van der Waals surface area contributed by atoms with Crippen LogP contribution >= 0.6 is 0 Å². The minimum absolute atomic E-state index is 0.568. The van der Waals surface area contributed by atoms with Crippen LogP contribution in [0, 0.1) is 0 Å². The Morgan fingerprint density at radius 1 is 0.400 bits per heavy atom. The Hall–Kier alpha value is -7.50. The van der Waals surface area contributed by atoms with E-state index in [2.05, 4.69) is 190 Å². The van der Waals surface area contributed by atoms with Gasteiger partial charge in [-0.2, -0.15) is 0 Å². The zero-order valence-electron chi connectivity index (χ0n) is 29.6. The van der Waals surface area contributed by atoms with Crippen molar-refractivity contribution >= 4 is 54.5 Å². The van der Waals surface area contributed by atoms with Gasteiger partial charge in [-0.05, 0) is 92.3 Å². The van der Waals surface area contributed by atoms with Gasteiger partial charge in [0.05, 0.1) is 11.0 Å². The monoisotopic (exact) mass is 701 g/mol. The molecule has 0 bridgehead atoms. The molecule has 0 aliphatic carbocycles. The van der Waals surface area contributed by atoms with E-state index >= 15 is 0 Å². The van der Waals surface area contributed by atoms with Crippen molar-refractivity contribution in [2.75, 3.05) is 0 Å². The van der Waals surface area contributed by atoms with Crippen LogP contribution in [0.25, 0.3) is 105 Å². The van der Waals surface area contributed by atoms with E-state index in [0.717, 1.165) is 38.9 Å². The van der Waals surface area contributed by atoms with Crippen LogP contribution in [0.3, 0.4) is 0 Å². The largest absolute Gasteiger partial charge is 0.309 e. The Balaban J connectivity index is 1.06. The Morgan fingerprint density at radius 3 is 1.84 bits per heavy atom. The summed E-state index contributed by atoms with van der Waals surface area (Å²) in [4.78, 5) is 19.3. The van der Waals surface area contributed by atoms with Crippen molar-refractivity contribution < 1.29 is 0 Å². The smallest absolute Gasteiger partial charge is 0.182 e. The highest BCUT2D eigenvalue weighted by molar-refractivity contribution is 6.18. The summed E-state index contributed by atoms with van der Waals surface area (Å²) < 4.78 is 2.38. The van der Waals surface area contributed by atoms with Crippen molar-refractivity contribution in [3.05, 3.63) is 188 Å². The van der Waals surface area contributed by atoms with Crippen molar-refractivity contribution in [1.82, 2.24) is 24.5 Å². The number of nitrogens with zero attached hydrogens (tertiary/aromatic N) is 5. The van der Waals surface area contributed by atoms with E-state index in [0.29, 0.717) is 17.0 Å². The van der Waals surface area contributed by atoms with Gasteiger partial charge in [-0.15, -0.1) is 0 Å². The minimum Gasteiger partial charge on any atom is -0.309 e. The molecule has 0 amide bonds. The summed E-state index contributed by atoms with van der Waals surface area (Å²) in [5.74, 6) is 0.608. The van der Waals surface area contributed by atoms with Gasteiger partial charge in [-0.25, -0.2) is 19.9 Å². The third-order valence-corrected chi connectivity index (χ3v) is 10.7. The first-order chi connectivity index (χ1) is 27.2. The summed E-state index contributed by atoms with van der Waals surface area (Å²) in [5, 5.41) is 7.20. The molecule has 0 unspecified atom stereocenters. The van der Waals surface area contributed by atoms with E-state index in [-0.39, 0.29) is 0 Å². The van der Waals surface area contributed by atoms with Gasteiger partial charge in [0.1, 0.15) is 11.2 Å². The SMILES string of the molecule is c1ccc(-c2ccc(-c3cccc4c3c3cc5ccccc5cc3n4-c3ccc(-c4nc(-c5ccc6ccccc6c5)c5nccnc5n4)cc3)cc2)cc1. The van der Waals surface area contributed by atoms with Gasteiger partial charge in [-0.1, -0.05) is 127 Å². The quantitative estimate of drug-likeness (QED) is 0.179. The lowest BCUT2D eigenvalue weighted by molar-refractivity contribution is 1.15. The van der Waals surface area contributed by atoms with Crippen molar-refractivity contribution in [2.45, 2.75) is 0 Å². The molecule has 0 radical (unpaired) electrons. The third-order valence-electron chi connectivity index (χ3n) is 10.7. The molecule has 0 spiro atoms. The topological polar surface area (TPSA) is 56.5 Å². The van der Waals surface area contributed by atoms with E-state index in [4.69, 9.17) is 9.97 Å². The third kappa shape index (κ3) is 5.24. The Bertz CT molecular complexity index is 3240. The van der Waals surface area contributed by atoms with Crippen LogP contribution in [0.2, 0.25) is 0 Å². The second kappa shape index (κ2) is 12.6. The second-order valence-corrected chi connectivity index (χ2v) is 13.9. The maximum atomic E-state index is 5.12. The second-order valence-electron chi connectivity index (χ2n) is 13.9. The summed E-state index contributed by atoms with van der Waals surface area (Å²) >= 11 is 0. The van der Waals surface area contributed by atoms with Gasteiger partial charge in [0.2, 0.25) is 0 Å². The molecule has 11 aromatic rings. The number of aromatic nitrogens is 5. The molecule has 5 heteroatoms. The molecule has 0 N–H and O–H groups in total. The molecule has 0 saturated heterocycles. The predicted octanol–water partition coefficient (Wildman–Crippen LogP) is 12.5. The van der Waals surface area contributed by atoms with Crippen LogP contribution < -0.4 is 0 Å². The number of fused-ring (bicyclic) bond motifs is 6. The van der Waals surface area contributed by atoms with E-state index < -0.39 is 0 Å². The van der Waals surface area contributed by atoms with Gasteiger partial charge >= 0.3 is 0 Å². The predicted molar refractivity (Wildman–Crippen MR) is 226 cm³/mol. The molecule has 3 heterocycles. The fourth-order valence-electron chi connectivity index (χ4n) is 8.03. The average Bonchev–Trinajstić information content (AvgIpc) is 3.58. The first kappa shape index (κ1) is 31.1. The van der Waals surface area contributed by atoms with Crippen LogP contribution in [0.1, 0.15) is 0 Å². The summed E-state index contributed by atoms with van der Waals surface area (Å²) in [6, 6.07) is 62.7. The molecule has 0 aliphatic rings. The summed E-state index contributed by atoms with van der Waals surface area (Å²) in [6.45, 7) is 0. The van der Waals surface area contributed by atoms with Crippen LogP contribution in [0.4, 0.5) is 0 Å². The highest BCUT2D eigenvalue weighted by atomic mass is 15.0. The Labute approximate surface area is 316 Å². The molecule has 0 atom stereocenters. The van der Waals surface area contributed by atoms with Crippen LogP contribution in [0.15, 0.2) is 188 Å². The summed E-state index contributed by atoms with van der Waals surface area (Å²) in [5.41, 5.74) is 12.1. The van der Waals surface area contributed by atoms with Crippen LogP contribution in [-0.2, 0) is 0 Å². The van der Waals surface area contributed by atoms with Gasteiger partial charge < -0.3 is 4.57 Å². The zero-order valence-corrected chi connectivity index (χ0v) is 29.6. The molecule has 8 aromatic carbocycles. The van der Waals surface area contributed by atoms with E-state index in [1.807, 2.05) is 0 Å². The van der Waals surface area contributed by atoms with E-state index in [1.54, 1.807) is 12.4 Å². The molecule has 55 heavy (non-hydrogen) atoms. The molecule has 5 nitrogen and oxygen atoms in total. The van der Waals surface area contributed by atoms with Crippen LogP contribution in [0.5, 0.6) is 0 Å². The molecule has 3 aromatic heterocycles. The average molecular weight is 702 g/mol. The normalized spacial score (nSPS) is 11.6. The van der Waals surface area contributed by atoms with Gasteiger partial charge in [0.15, 0.2) is 11.5 Å². The van der Waals surface area contributed by atoms with Crippen molar-refractivity contribution in [3.8, 4) is 50.6 Å². The highest BCUT2D eigenvalue weighted by Crippen LogP contribution is 2.41. The van der Waals surface area contributed by atoms with E-state index in [1.165, 1.54) is 49.2 Å². The number of hydrogen-bond donors (Lipinski definition) is 0. The first-order valence-electron chi connectivity index (χ1n) is 18.5. The van der Waals surface area contributed by atoms with Crippen molar-refractivity contribution in [3.63, 3.8) is 0 Å². The standard InChI is InChI=1S/C50H31N5/c1-2-9-32(10-3-1)34-17-20-35(21-18-34)42-15-8-16-44-46(42)43-30-38-13-6-7-14-39(38)31-45(43)55(44)41-25-23-36(24-26-41)49-53-47(48-50(54-49)52-28-27-51-48)40-22-19-33-11-4-5-12-37(33)29-40/h1-31H. The lowest BCUT2D eigenvalue weighted by Gasteiger charge is -2.11. The maximum absolute atomic E-state index is 5.12. The molecule has 0 saturated carbocycles. The number of benzene rings is 8. The van der Waals surface area contributed by atoms with Gasteiger partial charge in [0, 0.05) is 40.0 Å². The Kier molecular flexibility index (Phi) is 7.10. The lowest BCUT2D eigenvalue weighted by atomic mass is 9.96. The van der Waals surface area contributed by atoms with Crippen molar-refractivity contribution in [1.29, 1.82) is 0 Å². The van der Waals surface area contributed by atoms with Crippen LogP contribution in [-0.4, -0.2) is 24.5 Å². The van der Waals surface area contributed by atoms with Gasteiger partial charge in [-0.3, -0.25) is 0 Å². The highest BCUT2D eigenvalue weighted by Gasteiger charge is 2.19. The fraction of sp³-hybridized carbons (Fsp3) is 0. The Morgan fingerprint density at radius 2 is 1.04 bits per heavy atom. The molecule has 0 aliphatic heterocycles. The molecular formula is C50H31N5. The number of hydrogen-bond acceptors (Lipinski definition) is 4. The van der Waals surface area contributed by atoms with Crippen molar-refractivity contribution in [2.24, 2.45) is 0 Å². The molecule has 0 fully saturated rings.